The molecule has 4 aliphatic heterocycles. The van der Waals surface area contributed by atoms with E-state index in [-0.39, 0.29) is 41.9 Å². The Morgan fingerprint density at radius 2 is 1.57 bits per heavy atom. The maximum atomic E-state index is 12.3. The van der Waals surface area contributed by atoms with Crippen molar-refractivity contribution in [2.75, 3.05) is 18.4 Å². The molecule has 1 aromatic carbocycles. The number of nitrogens with one attached hydrogen (secondary N) is 2. The minimum Gasteiger partial charge on any atom is -0.465 e. The Morgan fingerprint density at radius 1 is 0.977 bits per heavy atom. The molecule has 44 heavy (non-hydrogen) atoms. The topological polar surface area (TPSA) is 162 Å². The van der Waals surface area contributed by atoms with Crippen LogP contribution < -0.4 is 10.6 Å². The molecule has 3 N–H and O–H groups in total. The van der Waals surface area contributed by atoms with Crippen molar-refractivity contribution in [2.24, 2.45) is 17.3 Å². The van der Waals surface area contributed by atoms with Crippen molar-refractivity contribution in [2.45, 2.75) is 97.1 Å². The maximum Gasteiger partial charge on any atom is 0.424 e. The minimum atomic E-state index is -0.864. The van der Waals surface area contributed by atoms with E-state index in [9.17, 15) is 33.9 Å². The molecule has 2 bridgehead atoms. The largest absolute Gasteiger partial charge is 0.465 e. The SMILES string of the molecule is CC(C)(C)C1CN(C(=O)O)CCC1c1ccc(NC23CC(C2)C(=O)NC3=O)cc1.CC(C)(C)OC(=O)N1C(=O)CCCC1=O. The number of fused-ring (bicyclic) bond motifs is 2. The van der Waals surface area contributed by atoms with Gasteiger partial charge < -0.3 is 20.1 Å². The van der Waals surface area contributed by atoms with Crippen LogP contribution in [0, 0.1) is 17.3 Å². The molecule has 0 aromatic heterocycles. The van der Waals surface area contributed by atoms with Gasteiger partial charge in [0.2, 0.25) is 17.7 Å². The van der Waals surface area contributed by atoms with E-state index >= 15 is 0 Å². The van der Waals surface area contributed by atoms with Gasteiger partial charge in [-0.25, -0.2) is 9.59 Å². The van der Waals surface area contributed by atoms with Crippen LogP contribution in [0.25, 0.3) is 0 Å². The highest BCUT2D eigenvalue weighted by Crippen LogP contribution is 2.45. The third-order valence-electron chi connectivity index (χ3n) is 8.81. The minimum absolute atomic E-state index is 0.0116. The van der Waals surface area contributed by atoms with E-state index in [0.717, 1.165) is 12.1 Å². The van der Waals surface area contributed by atoms with Crippen LogP contribution in [0.15, 0.2) is 24.3 Å². The number of carboxylic acid groups (broad SMARTS) is 1. The Labute approximate surface area is 257 Å². The molecule has 12 heteroatoms. The summed E-state index contributed by atoms with van der Waals surface area (Å²) < 4.78 is 4.96. The number of hydrogen-bond acceptors (Lipinski definition) is 8. The highest BCUT2D eigenvalue weighted by molar-refractivity contribution is 6.10. The predicted octanol–water partition coefficient (Wildman–Crippen LogP) is 4.49. The van der Waals surface area contributed by atoms with E-state index < -0.39 is 35.1 Å². The van der Waals surface area contributed by atoms with Gasteiger partial charge >= 0.3 is 12.2 Å². The molecule has 6 amide bonds. The number of amides is 6. The number of piperidine rings is 4. The van der Waals surface area contributed by atoms with Gasteiger partial charge in [0.05, 0.1) is 0 Å². The molecule has 1 aliphatic carbocycles. The number of nitrogens with zero attached hydrogens (tertiary/aromatic N) is 2. The molecule has 1 aromatic rings. The molecule has 4 heterocycles. The van der Waals surface area contributed by atoms with Gasteiger partial charge in [-0.05, 0) is 81.4 Å². The molecular formula is C32H44N4O8. The van der Waals surface area contributed by atoms with Gasteiger partial charge in [0.25, 0.3) is 5.91 Å². The van der Waals surface area contributed by atoms with Gasteiger partial charge in [0.1, 0.15) is 11.1 Å². The van der Waals surface area contributed by atoms with Gasteiger partial charge in [-0.15, -0.1) is 0 Å². The number of hydrogen-bond donors (Lipinski definition) is 3. The third kappa shape index (κ3) is 7.22. The van der Waals surface area contributed by atoms with Crippen LogP contribution in [0.1, 0.15) is 91.5 Å². The lowest BCUT2D eigenvalue weighted by Gasteiger charge is -2.50. The first kappa shape index (κ1) is 32.9. The number of imide groups is 4. The maximum absolute atomic E-state index is 12.3. The summed E-state index contributed by atoms with van der Waals surface area (Å²) in [5, 5.41) is 15.2. The smallest absolute Gasteiger partial charge is 0.424 e. The molecule has 2 unspecified atom stereocenters. The molecule has 5 fully saturated rings. The lowest BCUT2D eigenvalue weighted by Crippen LogP contribution is -2.69. The quantitative estimate of drug-likeness (QED) is 0.417. The van der Waals surface area contributed by atoms with E-state index in [4.69, 9.17) is 4.74 Å². The first-order chi connectivity index (χ1) is 20.4. The lowest BCUT2D eigenvalue weighted by atomic mass is 9.64. The highest BCUT2D eigenvalue weighted by Gasteiger charge is 2.57. The van der Waals surface area contributed by atoms with Gasteiger partial charge in [-0.3, -0.25) is 24.5 Å². The first-order valence-electron chi connectivity index (χ1n) is 15.2. The Kier molecular flexibility index (Phi) is 9.14. The molecule has 0 radical (unpaired) electrons. The number of ether oxygens (including phenoxy) is 1. The average molecular weight is 613 g/mol. The monoisotopic (exact) mass is 612 g/mol. The summed E-state index contributed by atoms with van der Waals surface area (Å²) >= 11 is 0. The molecular weight excluding hydrogens is 568 g/mol. The highest BCUT2D eigenvalue weighted by atomic mass is 16.6. The lowest BCUT2D eigenvalue weighted by molar-refractivity contribution is -0.149. The van der Waals surface area contributed by atoms with Crippen molar-refractivity contribution in [3.05, 3.63) is 29.8 Å². The fourth-order valence-electron chi connectivity index (χ4n) is 6.40. The average Bonchev–Trinajstić information content (AvgIpc) is 2.88. The number of anilines is 1. The standard InChI is InChI=1S/C22H29N3O4.C10H15NO4/c1-21(2,3)17-12-25(20(28)29)9-8-16(17)13-4-6-15(7-5-13)24-22-10-14(11-22)18(26)23-19(22)27;1-10(2,3)15-9(14)11-7(12)5-4-6-8(11)13/h4-7,14,16-17,24H,8-12H2,1-3H3,(H,28,29)(H,23,26,27);4-6H2,1-3H3. The summed E-state index contributed by atoms with van der Waals surface area (Å²) in [6, 6.07) is 8.15. The van der Waals surface area contributed by atoms with Crippen molar-refractivity contribution in [3.63, 3.8) is 0 Å². The molecule has 2 atom stereocenters. The molecule has 240 valence electrons. The third-order valence-corrected chi connectivity index (χ3v) is 8.81. The van der Waals surface area contributed by atoms with Crippen LogP contribution in [0.3, 0.4) is 0 Å². The zero-order valence-corrected chi connectivity index (χ0v) is 26.4. The Hall–Kier alpha value is -3.96. The van der Waals surface area contributed by atoms with Crippen LogP contribution in [0.5, 0.6) is 0 Å². The van der Waals surface area contributed by atoms with E-state index in [1.807, 2.05) is 12.1 Å². The molecule has 5 aliphatic rings. The normalized spacial score (nSPS) is 27.0. The molecule has 1 saturated carbocycles. The van der Waals surface area contributed by atoms with Crippen LogP contribution in [-0.4, -0.2) is 75.0 Å². The number of carbonyl (C=O) groups is 6. The first-order valence-corrected chi connectivity index (χ1v) is 15.2. The summed E-state index contributed by atoms with van der Waals surface area (Å²) in [7, 11) is 0. The Balaban J connectivity index is 0.000000249. The van der Waals surface area contributed by atoms with Gasteiger partial charge in [-0.1, -0.05) is 32.9 Å². The van der Waals surface area contributed by atoms with Crippen LogP contribution >= 0.6 is 0 Å². The number of carbonyl (C=O) groups excluding carboxylic acids is 5. The Bertz CT molecular complexity index is 1300. The van der Waals surface area contributed by atoms with Crippen molar-refractivity contribution >= 4 is 41.5 Å². The van der Waals surface area contributed by atoms with E-state index in [2.05, 4.69) is 43.5 Å². The zero-order chi connectivity index (χ0) is 32.6. The molecule has 6 rings (SSSR count). The van der Waals surface area contributed by atoms with E-state index in [0.29, 0.717) is 43.2 Å². The number of likely N-dealkylation sites (tertiary alicyclic amines) is 2. The number of benzene rings is 1. The second-order valence-electron chi connectivity index (χ2n) is 14.3. The molecule has 12 nitrogen and oxygen atoms in total. The predicted molar refractivity (Wildman–Crippen MR) is 161 cm³/mol. The summed E-state index contributed by atoms with van der Waals surface area (Å²) in [4.78, 5) is 71.7. The number of rotatable bonds is 3. The molecule has 4 saturated heterocycles. The van der Waals surface area contributed by atoms with E-state index in [1.165, 1.54) is 10.5 Å². The molecule has 0 spiro atoms. The van der Waals surface area contributed by atoms with Gasteiger partial charge in [-0.2, -0.15) is 4.90 Å². The van der Waals surface area contributed by atoms with Crippen LogP contribution in [0.2, 0.25) is 0 Å². The summed E-state index contributed by atoms with van der Waals surface area (Å²) in [6.45, 7) is 12.6. The summed E-state index contributed by atoms with van der Waals surface area (Å²) in [6.07, 6.45) is 1.17. The van der Waals surface area contributed by atoms with Crippen molar-refractivity contribution in [3.8, 4) is 0 Å². The fraction of sp³-hybridized carbons (Fsp3) is 0.625. The van der Waals surface area contributed by atoms with Gasteiger partial charge in [0.15, 0.2) is 0 Å². The second-order valence-corrected chi connectivity index (χ2v) is 14.3. The van der Waals surface area contributed by atoms with Crippen molar-refractivity contribution in [1.29, 1.82) is 0 Å². The van der Waals surface area contributed by atoms with Crippen molar-refractivity contribution < 1.29 is 38.6 Å². The van der Waals surface area contributed by atoms with Crippen molar-refractivity contribution in [1.82, 2.24) is 15.1 Å². The van der Waals surface area contributed by atoms with E-state index in [1.54, 1.807) is 20.8 Å². The fourth-order valence-corrected chi connectivity index (χ4v) is 6.40. The van der Waals surface area contributed by atoms with Crippen LogP contribution in [0.4, 0.5) is 15.3 Å². The zero-order valence-electron chi connectivity index (χ0n) is 26.4. The summed E-state index contributed by atoms with van der Waals surface area (Å²) in [5.74, 6) is -0.876. The Morgan fingerprint density at radius 3 is 2.07 bits per heavy atom. The van der Waals surface area contributed by atoms with Crippen LogP contribution in [-0.2, 0) is 23.9 Å². The summed E-state index contributed by atoms with van der Waals surface area (Å²) in [5.41, 5.74) is 0.693. The van der Waals surface area contributed by atoms with Gasteiger partial charge in [0, 0.05) is 37.5 Å². The second kappa shape index (κ2) is 12.2.